The molecular formula is C19H29NO3. The van der Waals surface area contributed by atoms with E-state index in [0.717, 1.165) is 6.07 Å². The standard InChI is InChI=1S/C19H29NO3/c1-12(2)7-14-11-20-6-5-13-8-18(22-3)19(23-4)9-15(13)16(20)10-17(14)21/h8-9,12,14,16-17,21H,5-7,10-11H2,1-4H3/i5D2,6D2,10D2,11D2,14D,17D. The number of aryl methyl sites for hydroxylation is 1. The number of aliphatic hydroxyl groups is 1. The van der Waals surface area contributed by atoms with Crippen LogP contribution in [-0.2, 0) is 6.37 Å². The van der Waals surface area contributed by atoms with Crippen molar-refractivity contribution in [1.82, 2.24) is 4.90 Å². The average molecular weight is 330 g/mol. The number of nitrogens with zero attached hydrogens (tertiary/aromatic N) is 1. The topological polar surface area (TPSA) is 41.9 Å². The van der Waals surface area contributed by atoms with Crippen molar-refractivity contribution in [2.45, 2.75) is 45.1 Å². The summed E-state index contributed by atoms with van der Waals surface area (Å²) in [6.07, 6.45) is -9.76. The molecule has 0 aromatic heterocycles. The third kappa shape index (κ3) is 3.20. The van der Waals surface area contributed by atoms with Crippen molar-refractivity contribution in [3.63, 3.8) is 0 Å². The normalized spacial score (nSPS) is 49.0. The fourth-order valence-electron chi connectivity index (χ4n) is 2.75. The van der Waals surface area contributed by atoms with Gasteiger partial charge in [0.2, 0.25) is 0 Å². The van der Waals surface area contributed by atoms with E-state index in [1.54, 1.807) is 13.8 Å². The van der Waals surface area contributed by atoms with E-state index in [1.165, 1.54) is 20.3 Å². The molecule has 0 spiro atoms. The first-order chi connectivity index (χ1) is 14.8. The van der Waals surface area contributed by atoms with Gasteiger partial charge in [0.05, 0.1) is 21.7 Å². The summed E-state index contributed by atoms with van der Waals surface area (Å²) >= 11 is 0. The molecule has 0 bridgehead atoms. The molecule has 4 heteroatoms. The van der Waals surface area contributed by atoms with Crippen molar-refractivity contribution in [1.29, 1.82) is 0 Å². The predicted molar refractivity (Wildman–Crippen MR) is 91.1 cm³/mol. The van der Waals surface area contributed by atoms with E-state index in [-0.39, 0.29) is 22.6 Å². The Balaban J connectivity index is 2.47. The fourth-order valence-corrected chi connectivity index (χ4v) is 2.75. The lowest BCUT2D eigenvalue weighted by Gasteiger charge is -2.46. The van der Waals surface area contributed by atoms with Crippen molar-refractivity contribution in [3.8, 4) is 11.5 Å². The number of methoxy groups -OCH3 is 2. The van der Waals surface area contributed by atoms with Crippen LogP contribution in [0, 0.1) is 11.8 Å². The number of piperidine rings is 1. The molecule has 0 amide bonds. The van der Waals surface area contributed by atoms with Gasteiger partial charge in [-0.1, -0.05) is 13.8 Å². The minimum Gasteiger partial charge on any atom is -0.493 e. The molecule has 1 aromatic rings. The molecule has 0 saturated carbocycles. The lowest BCUT2D eigenvalue weighted by atomic mass is 9.79. The van der Waals surface area contributed by atoms with Crippen LogP contribution >= 0.6 is 0 Å². The second-order valence-corrected chi connectivity index (χ2v) is 5.99. The summed E-state index contributed by atoms with van der Waals surface area (Å²) in [6.45, 7) is -3.09. The molecule has 128 valence electrons. The SMILES string of the molecule is [2H]C1([2H])c2cc(OC)c(OC)cc2C2N(C1([2H])[2H])C([2H])([2H])C([2H])(CC(C)C)C([2H])(O)C2([2H])[2H]. The van der Waals surface area contributed by atoms with Crippen molar-refractivity contribution in [3.05, 3.63) is 23.3 Å². The fraction of sp³-hybridized carbons (Fsp3) is 0.684. The highest BCUT2D eigenvalue weighted by molar-refractivity contribution is 5.49. The molecule has 23 heavy (non-hydrogen) atoms. The number of benzene rings is 1. The molecule has 1 fully saturated rings. The maximum absolute atomic E-state index is 11.2. The van der Waals surface area contributed by atoms with Crippen molar-refractivity contribution in [2.24, 2.45) is 11.8 Å². The zero-order valence-electron chi connectivity index (χ0n) is 23.7. The maximum atomic E-state index is 11.2. The Morgan fingerprint density at radius 1 is 1.35 bits per heavy atom. The molecule has 2 heterocycles. The van der Waals surface area contributed by atoms with Crippen LogP contribution < -0.4 is 9.47 Å². The largest absolute Gasteiger partial charge is 0.493 e. The van der Waals surface area contributed by atoms with Crippen LogP contribution in [0.1, 0.15) is 57.5 Å². The minimum absolute atomic E-state index is 0.0551. The maximum Gasteiger partial charge on any atom is 0.161 e. The van der Waals surface area contributed by atoms with Crippen LogP contribution in [0.4, 0.5) is 0 Å². The van der Waals surface area contributed by atoms with Crippen LogP contribution in [-0.4, -0.2) is 43.3 Å². The van der Waals surface area contributed by atoms with E-state index in [2.05, 4.69) is 0 Å². The molecule has 3 rings (SSSR count). The number of hydrogen-bond acceptors (Lipinski definition) is 4. The number of ether oxygens (including phenoxy) is 2. The van der Waals surface area contributed by atoms with Crippen LogP contribution in [0.3, 0.4) is 0 Å². The van der Waals surface area contributed by atoms with Crippen molar-refractivity contribution in [2.75, 3.05) is 27.2 Å². The molecule has 1 saturated heterocycles. The van der Waals surface area contributed by atoms with Gasteiger partial charge in [-0.3, -0.25) is 4.90 Å². The van der Waals surface area contributed by atoms with E-state index < -0.39 is 56.1 Å². The molecule has 2 aliphatic heterocycles. The van der Waals surface area contributed by atoms with Crippen LogP contribution in [0.2, 0.25) is 0 Å². The van der Waals surface area contributed by atoms with Crippen molar-refractivity contribution >= 4 is 0 Å². The smallest absolute Gasteiger partial charge is 0.161 e. The number of hydrogen-bond donors (Lipinski definition) is 1. The first-order valence-corrected chi connectivity index (χ1v) is 7.55. The summed E-state index contributed by atoms with van der Waals surface area (Å²) < 4.78 is 97.4. The third-order valence-corrected chi connectivity index (χ3v) is 3.85. The molecular weight excluding hydrogens is 290 g/mol. The molecule has 0 aliphatic carbocycles. The van der Waals surface area contributed by atoms with Gasteiger partial charge in [-0.25, -0.2) is 0 Å². The summed E-state index contributed by atoms with van der Waals surface area (Å²) in [5, 5.41) is 11.2. The first-order valence-electron chi connectivity index (χ1n) is 12.6. The van der Waals surface area contributed by atoms with Crippen LogP contribution in [0.25, 0.3) is 0 Å². The van der Waals surface area contributed by atoms with E-state index in [1.807, 2.05) is 0 Å². The van der Waals surface area contributed by atoms with Gasteiger partial charge < -0.3 is 14.6 Å². The average Bonchev–Trinajstić information content (AvgIpc) is 2.67. The second-order valence-electron chi connectivity index (χ2n) is 5.99. The van der Waals surface area contributed by atoms with Gasteiger partial charge in [-0.05, 0) is 54.2 Å². The van der Waals surface area contributed by atoms with Gasteiger partial charge in [0.1, 0.15) is 0 Å². The quantitative estimate of drug-likeness (QED) is 0.922. The molecule has 4 nitrogen and oxygen atoms in total. The van der Waals surface area contributed by atoms with E-state index in [0.29, 0.717) is 4.90 Å². The van der Waals surface area contributed by atoms with Crippen molar-refractivity contribution < 1.29 is 28.3 Å². The Hall–Kier alpha value is -1.26. The Bertz CT molecular complexity index is 952. The molecule has 1 aromatic carbocycles. The van der Waals surface area contributed by atoms with Gasteiger partial charge in [-0.2, -0.15) is 0 Å². The monoisotopic (exact) mass is 329 g/mol. The zero-order chi connectivity index (χ0) is 25.6. The third-order valence-electron chi connectivity index (χ3n) is 3.85. The Morgan fingerprint density at radius 3 is 2.70 bits per heavy atom. The van der Waals surface area contributed by atoms with Gasteiger partial charge >= 0.3 is 0 Å². The highest BCUT2D eigenvalue weighted by Crippen LogP contribution is 2.43. The Kier molecular flexibility index (Phi) is 2.39. The molecule has 2 aliphatic rings. The molecule has 3 atom stereocenters. The predicted octanol–water partition coefficient (Wildman–Crippen LogP) is 3.03. The zero-order valence-corrected chi connectivity index (χ0v) is 13.7. The number of rotatable bonds is 4. The van der Waals surface area contributed by atoms with Gasteiger partial charge in [0.25, 0.3) is 0 Å². The van der Waals surface area contributed by atoms with E-state index in [4.69, 9.17) is 23.2 Å². The molecule has 3 unspecified atom stereocenters. The van der Waals surface area contributed by atoms with E-state index >= 15 is 0 Å². The van der Waals surface area contributed by atoms with Gasteiger partial charge in [0.15, 0.2) is 11.5 Å². The molecule has 1 N–H and O–H groups in total. The highest BCUT2D eigenvalue weighted by atomic mass is 16.5. The highest BCUT2D eigenvalue weighted by Gasteiger charge is 2.38. The van der Waals surface area contributed by atoms with Gasteiger partial charge in [-0.15, -0.1) is 0 Å². The molecule has 0 radical (unpaired) electrons. The van der Waals surface area contributed by atoms with Crippen LogP contribution in [0.5, 0.6) is 11.5 Å². The Morgan fingerprint density at radius 2 is 2.04 bits per heavy atom. The van der Waals surface area contributed by atoms with E-state index in [9.17, 15) is 5.11 Å². The van der Waals surface area contributed by atoms with Gasteiger partial charge in [0, 0.05) is 31.4 Å². The summed E-state index contributed by atoms with van der Waals surface area (Å²) in [7, 11) is 2.59. The minimum atomic E-state index is -3.32. The lowest BCUT2D eigenvalue weighted by Crippen LogP contribution is -2.48. The van der Waals surface area contributed by atoms with Crippen LogP contribution in [0.15, 0.2) is 12.1 Å². The summed E-state index contributed by atoms with van der Waals surface area (Å²) in [5.74, 6) is -3.19. The lowest BCUT2D eigenvalue weighted by molar-refractivity contribution is -0.0191. The summed E-state index contributed by atoms with van der Waals surface area (Å²) in [6, 6.07) is 0.422. The summed E-state index contributed by atoms with van der Waals surface area (Å²) in [5.41, 5.74) is -0.512. The summed E-state index contributed by atoms with van der Waals surface area (Å²) in [4.78, 5) is 0.354. The second kappa shape index (κ2) is 6.70. The number of fused-ring (bicyclic) bond motifs is 3. The Labute approximate surface area is 153 Å². The first kappa shape index (κ1) is 8.21.